The summed E-state index contributed by atoms with van der Waals surface area (Å²) in [4.78, 5) is 1.77. The Bertz CT molecular complexity index is 754. The zero-order valence-corrected chi connectivity index (χ0v) is 13.2. The molecule has 2 aromatic carbocycles. The van der Waals surface area contributed by atoms with Crippen molar-refractivity contribution >= 4 is 22.0 Å². The van der Waals surface area contributed by atoms with E-state index in [0.717, 1.165) is 5.56 Å². The third-order valence-electron chi connectivity index (χ3n) is 3.14. The average Bonchev–Trinajstić information content (AvgIpc) is 2.50. The maximum Gasteiger partial charge on any atom is 0.283 e. The van der Waals surface area contributed by atoms with Crippen LogP contribution >= 0.6 is 0 Å². The summed E-state index contributed by atoms with van der Waals surface area (Å²) in [6.07, 6.45) is 1.25. The van der Waals surface area contributed by atoms with Gasteiger partial charge in [-0.05, 0) is 50.2 Å². The van der Waals surface area contributed by atoms with Gasteiger partial charge < -0.3 is 4.90 Å². The van der Waals surface area contributed by atoms with Crippen LogP contribution in [0.15, 0.2) is 57.8 Å². The summed E-state index contributed by atoms with van der Waals surface area (Å²) in [6.45, 7) is 4.25. The van der Waals surface area contributed by atoms with Crippen LogP contribution in [0.25, 0.3) is 0 Å². The molecule has 0 aromatic heterocycles. The quantitative estimate of drug-likeness (QED) is 0.627. The molecule has 0 amide bonds. The molecule has 22 heavy (non-hydrogen) atoms. The van der Waals surface area contributed by atoms with Gasteiger partial charge in [0.2, 0.25) is 0 Å². The van der Waals surface area contributed by atoms with E-state index in [1.807, 2.05) is 13.8 Å². The number of aryl methyl sites for hydroxylation is 1. The van der Waals surface area contributed by atoms with E-state index in [4.69, 9.17) is 0 Å². The van der Waals surface area contributed by atoms with E-state index in [-0.39, 0.29) is 10.7 Å². The van der Waals surface area contributed by atoms with Gasteiger partial charge in [-0.2, -0.15) is 8.42 Å². The Labute approximate surface area is 130 Å². The molecular weight excluding hydrogens is 303 g/mol. The number of rotatable bonds is 5. The van der Waals surface area contributed by atoms with Gasteiger partial charge in [-0.3, -0.25) is 0 Å². The van der Waals surface area contributed by atoms with Crippen LogP contribution in [0.3, 0.4) is 0 Å². The highest BCUT2D eigenvalue weighted by molar-refractivity contribution is 7.90. The first-order valence-electron chi connectivity index (χ1n) is 6.82. The Morgan fingerprint density at radius 2 is 1.68 bits per heavy atom. The van der Waals surface area contributed by atoms with E-state index in [1.54, 1.807) is 29.2 Å². The minimum atomic E-state index is -3.74. The number of benzene rings is 2. The highest BCUT2D eigenvalue weighted by Crippen LogP contribution is 2.15. The molecule has 2 aromatic rings. The van der Waals surface area contributed by atoms with Crippen molar-refractivity contribution in [1.29, 1.82) is 0 Å². The Morgan fingerprint density at radius 1 is 1.09 bits per heavy atom. The molecule has 0 unspecified atom stereocenters. The second kappa shape index (κ2) is 6.70. The summed E-state index contributed by atoms with van der Waals surface area (Å²) in [6, 6.07) is 12.3. The van der Waals surface area contributed by atoms with Crippen molar-refractivity contribution in [2.45, 2.75) is 18.7 Å². The largest absolute Gasteiger partial charge is 0.332 e. The molecule has 0 fully saturated rings. The highest BCUT2D eigenvalue weighted by Gasteiger charge is 2.12. The molecule has 0 aliphatic rings. The van der Waals surface area contributed by atoms with Crippen molar-refractivity contribution in [3.05, 3.63) is 59.9 Å². The van der Waals surface area contributed by atoms with Crippen LogP contribution in [0.2, 0.25) is 0 Å². The van der Waals surface area contributed by atoms with E-state index in [0.29, 0.717) is 12.2 Å². The topological polar surface area (TPSA) is 49.7 Å². The van der Waals surface area contributed by atoms with Gasteiger partial charge in [-0.25, -0.2) is 4.39 Å². The van der Waals surface area contributed by atoms with Gasteiger partial charge >= 0.3 is 0 Å². The molecule has 6 heteroatoms. The number of anilines is 1. The molecule has 0 aliphatic heterocycles. The Morgan fingerprint density at radius 3 is 2.23 bits per heavy atom. The summed E-state index contributed by atoms with van der Waals surface area (Å²) in [5.74, 6) is -0.344. The van der Waals surface area contributed by atoms with Crippen LogP contribution in [0.4, 0.5) is 10.1 Å². The zero-order chi connectivity index (χ0) is 16.2. The molecule has 0 heterocycles. The first kappa shape index (κ1) is 16.2. The number of sulfonamides is 1. The molecule has 0 saturated carbocycles. The van der Waals surface area contributed by atoms with Crippen LogP contribution in [0.1, 0.15) is 12.5 Å². The predicted molar refractivity (Wildman–Crippen MR) is 86.3 cm³/mol. The molecule has 0 bridgehead atoms. The fourth-order valence-corrected chi connectivity index (χ4v) is 2.69. The van der Waals surface area contributed by atoms with Gasteiger partial charge in [0.15, 0.2) is 0 Å². The summed E-state index contributed by atoms with van der Waals surface area (Å²) in [7, 11) is -3.74. The van der Waals surface area contributed by atoms with Gasteiger partial charge in [0, 0.05) is 12.2 Å². The zero-order valence-electron chi connectivity index (χ0n) is 12.4. The lowest BCUT2D eigenvalue weighted by molar-refractivity contribution is 0.598. The van der Waals surface area contributed by atoms with E-state index < -0.39 is 10.0 Å². The van der Waals surface area contributed by atoms with Gasteiger partial charge in [0.25, 0.3) is 10.0 Å². The molecule has 0 spiro atoms. The van der Waals surface area contributed by atoms with Crippen molar-refractivity contribution in [3.63, 3.8) is 0 Å². The monoisotopic (exact) mass is 320 g/mol. The molecular formula is C16H17FN2O2S. The van der Waals surface area contributed by atoms with Gasteiger partial charge in [0.1, 0.15) is 12.2 Å². The minimum Gasteiger partial charge on any atom is -0.332 e. The average molecular weight is 320 g/mol. The van der Waals surface area contributed by atoms with Crippen LogP contribution < -0.4 is 4.90 Å². The van der Waals surface area contributed by atoms with Crippen molar-refractivity contribution in [3.8, 4) is 0 Å². The Balaban J connectivity index is 2.24. The first-order valence-corrected chi connectivity index (χ1v) is 8.26. The third-order valence-corrected chi connectivity index (χ3v) is 4.38. The fraction of sp³-hybridized carbons (Fsp3) is 0.188. The summed E-state index contributed by atoms with van der Waals surface area (Å²) in [5.41, 5.74) is 1.65. The third kappa shape index (κ3) is 3.92. The van der Waals surface area contributed by atoms with Crippen molar-refractivity contribution in [2.75, 3.05) is 11.4 Å². The van der Waals surface area contributed by atoms with E-state index in [2.05, 4.69) is 4.40 Å². The van der Waals surface area contributed by atoms with Crippen molar-refractivity contribution in [1.82, 2.24) is 0 Å². The van der Waals surface area contributed by atoms with Gasteiger partial charge in [-0.15, -0.1) is 4.40 Å². The summed E-state index contributed by atoms with van der Waals surface area (Å²) in [5, 5.41) is 0. The summed E-state index contributed by atoms with van der Waals surface area (Å²) < 4.78 is 41.0. The van der Waals surface area contributed by atoms with Crippen LogP contribution in [0.5, 0.6) is 0 Å². The lowest BCUT2D eigenvalue weighted by Gasteiger charge is -2.16. The minimum absolute atomic E-state index is 0.143. The molecule has 2 rings (SSSR count). The van der Waals surface area contributed by atoms with E-state index >= 15 is 0 Å². The van der Waals surface area contributed by atoms with Crippen LogP contribution in [0, 0.1) is 12.7 Å². The van der Waals surface area contributed by atoms with Crippen molar-refractivity contribution in [2.24, 2.45) is 4.40 Å². The first-order chi connectivity index (χ1) is 10.4. The second-order valence-electron chi connectivity index (χ2n) is 4.77. The number of nitrogens with zero attached hydrogens (tertiary/aromatic N) is 2. The normalized spacial score (nSPS) is 11.8. The lowest BCUT2D eigenvalue weighted by atomic mass is 10.2. The maximum atomic E-state index is 12.9. The molecule has 0 N–H and O–H groups in total. The molecule has 0 atom stereocenters. The molecule has 0 radical (unpaired) electrons. The van der Waals surface area contributed by atoms with E-state index in [1.165, 1.54) is 30.6 Å². The molecule has 0 saturated heterocycles. The van der Waals surface area contributed by atoms with Crippen LogP contribution in [-0.4, -0.2) is 21.3 Å². The Kier molecular flexibility index (Phi) is 4.92. The molecule has 4 nitrogen and oxygen atoms in total. The summed E-state index contributed by atoms with van der Waals surface area (Å²) >= 11 is 0. The van der Waals surface area contributed by atoms with Crippen LogP contribution in [-0.2, 0) is 10.0 Å². The SMILES string of the molecule is CCN(/C=N/S(=O)(=O)c1ccc(C)cc1)c1ccc(F)cc1. The van der Waals surface area contributed by atoms with Crippen molar-refractivity contribution < 1.29 is 12.8 Å². The predicted octanol–water partition coefficient (Wildman–Crippen LogP) is 3.38. The Hall–Kier alpha value is -2.21. The maximum absolute atomic E-state index is 12.9. The fourth-order valence-electron chi connectivity index (χ4n) is 1.85. The van der Waals surface area contributed by atoms with Gasteiger partial charge in [-0.1, -0.05) is 17.7 Å². The standard InChI is InChI=1S/C16H17FN2O2S/c1-3-19(15-8-6-14(17)7-9-15)12-18-22(20,21)16-10-4-13(2)5-11-16/h4-12H,3H2,1-2H3/b18-12+. The number of hydrogen-bond donors (Lipinski definition) is 0. The number of hydrogen-bond acceptors (Lipinski definition) is 2. The molecule has 0 aliphatic carbocycles. The van der Waals surface area contributed by atoms with E-state index in [9.17, 15) is 12.8 Å². The highest BCUT2D eigenvalue weighted by atomic mass is 32.2. The molecule has 116 valence electrons. The number of halogens is 1. The lowest BCUT2D eigenvalue weighted by Crippen LogP contribution is -2.21. The van der Waals surface area contributed by atoms with Gasteiger partial charge in [0.05, 0.1) is 4.90 Å². The second-order valence-corrected chi connectivity index (χ2v) is 6.40. The smallest absolute Gasteiger partial charge is 0.283 e.